The molecule has 0 aliphatic heterocycles. The van der Waals surface area contributed by atoms with Crippen LogP contribution < -0.4 is 10.1 Å². The summed E-state index contributed by atoms with van der Waals surface area (Å²) >= 11 is 3.35. The monoisotopic (exact) mass is 414 g/mol. The third-order valence-electron chi connectivity index (χ3n) is 3.43. The Morgan fingerprint density at radius 2 is 1.92 bits per heavy atom. The standard InChI is InChI=1S/C19H15BrN2O4/c1-25-17-8-7-12(10-15(17)20)9-13(11-21)18(23)22-16-6-4-3-5-14(16)19(24)26-2/h3-10H,1-2H3,(H,22,23). The highest BCUT2D eigenvalue weighted by Crippen LogP contribution is 2.26. The number of rotatable bonds is 5. The van der Waals surface area contributed by atoms with Crippen LogP contribution in [0.3, 0.4) is 0 Å². The molecule has 0 saturated heterocycles. The topological polar surface area (TPSA) is 88.4 Å². The minimum absolute atomic E-state index is 0.110. The summed E-state index contributed by atoms with van der Waals surface area (Å²) in [4.78, 5) is 24.2. The van der Waals surface area contributed by atoms with Crippen molar-refractivity contribution in [3.05, 3.63) is 63.6 Å². The molecule has 0 radical (unpaired) electrons. The molecular weight excluding hydrogens is 400 g/mol. The second-order valence-electron chi connectivity index (χ2n) is 5.06. The van der Waals surface area contributed by atoms with E-state index >= 15 is 0 Å². The Balaban J connectivity index is 2.29. The summed E-state index contributed by atoms with van der Waals surface area (Å²) in [6.45, 7) is 0. The molecule has 0 aliphatic rings. The van der Waals surface area contributed by atoms with Crippen LogP contribution in [0.5, 0.6) is 5.75 Å². The summed E-state index contributed by atoms with van der Waals surface area (Å²) < 4.78 is 10.5. The molecule has 1 amide bonds. The van der Waals surface area contributed by atoms with E-state index in [0.29, 0.717) is 15.8 Å². The maximum absolute atomic E-state index is 12.4. The summed E-state index contributed by atoms with van der Waals surface area (Å²) in [5, 5.41) is 11.9. The number of benzene rings is 2. The summed E-state index contributed by atoms with van der Waals surface area (Å²) in [6, 6.07) is 13.4. The molecular formula is C19H15BrN2O4. The quantitative estimate of drug-likeness (QED) is 0.456. The number of methoxy groups -OCH3 is 2. The molecule has 0 heterocycles. The van der Waals surface area contributed by atoms with Crippen LogP contribution in [-0.2, 0) is 9.53 Å². The number of esters is 1. The van der Waals surface area contributed by atoms with E-state index < -0.39 is 11.9 Å². The number of halogens is 1. The van der Waals surface area contributed by atoms with Crippen molar-refractivity contribution in [3.8, 4) is 11.8 Å². The summed E-state index contributed by atoms with van der Waals surface area (Å²) in [7, 11) is 2.80. The predicted molar refractivity (Wildman–Crippen MR) is 101 cm³/mol. The Hall–Kier alpha value is -3.11. The molecule has 132 valence electrons. The lowest BCUT2D eigenvalue weighted by Gasteiger charge is -2.09. The molecule has 0 unspecified atom stereocenters. The molecule has 0 saturated carbocycles. The fourth-order valence-corrected chi connectivity index (χ4v) is 2.72. The van der Waals surface area contributed by atoms with E-state index in [2.05, 4.69) is 26.0 Å². The number of anilines is 1. The molecule has 2 aromatic rings. The Labute approximate surface area is 159 Å². The number of para-hydroxylation sites is 1. The van der Waals surface area contributed by atoms with Crippen molar-refractivity contribution < 1.29 is 19.1 Å². The molecule has 0 atom stereocenters. The largest absolute Gasteiger partial charge is 0.496 e. The number of nitriles is 1. The maximum Gasteiger partial charge on any atom is 0.339 e. The van der Waals surface area contributed by atoms with E-state index in [9.17, 15) is 14.9 Å². The highest BCUT2D eigenvalue weighted by molar-refractivity contribution is 9.10. The molecule has 26 heavy (non-hydrogen) atoms. The van der Waals surface area contributed by atoms with E-state index in [4.69, 9.17) is 4.74 Å². The van der Waals surface area contributed by atoms with Crippen LogP contribution in [0.15, 0.2) is 52.5 Å². The van der Waals surface area contributed by atoms with Crippen LogP contribution >= 0.6 is 15.9 Å². The van der Waals surface area contributed by atoms with Crippen molar-refractivity contribution in [3.63, 3.8) is 0 Å². The fraction of sp³-hybridized carbons (Fsp3) is 0.105. The normalized spacial score (nSPS) is 10.6. The van der Waals surface area contributed by atoms with Crippen LogP contribution in [-0.4, -0.2) is 26.1 Å². The van der Waals surface area contributed by atoms with E-state index in [0.717, 1.165) is 0 Å². The zero-order chi connectivity index (χ0) is 19.1. The molecule has 0 fully saturated rings. The van der Waals surface area contributed by atoms with Crippen molar-refractivity contribution in [2.24, 2.45) is 0 Å². The smallest absolute Gasteiger partial charge is 0.339 e. The van der Waals surface area contributed by atoms with Gasteiger partial charge < -0.3 is 14.8 Å². The van der Waals surface area contributed by atoms with Gasteiger partial charge in [-0.15, -0.1) is 0 Å². The van der Waals surface area contributed by atoms with Crippen molar-refractivity contribution in [1.29, 1.82) is 5.26 Å². The van der Waals surface area contributed by atoms with E-state index in [1.54, 1.807) is 43.5 Å². The number of hydrogen-bond acceptors (Lipinski definition) is 5. The number of nitrogens with zero attached hydrogens (tertiary/aromatic N) is 1. The first-order chi connectivity index (χ1) is 12.5. The Morgan fingerprint density at radius 3 is 2.54 bits per heavy atom. The number of carbonyl (C=O) groups excluding carboxylic acids is 2. The SMILES string of the molecule is COC(=O)c1ccccc1NC(=O)C(C#N)=Cc1ccc(OC)c(Br)c1. The fourth-order valence-electron chi connectivity index (χ4n) is 2.16. The summed E-state index contributed by atoms with van der Waals surface area (Å²) in [5.74, 6) is -0.574. The minimum atomic E-state index is -0.629. The first-order valence-corrected chi connectivity index (χ1v) is 8.23. The number of amides is 1. The molecule has 0 aromatic heterocycles. The van der Waals surface area contributed by atoms with Gasteiger partial charge in [-0.3, -0.25) is 4.79 Å². The zero-order valence-corrected chi connectivity index (χ0v) is 15.7. The Kier molecular flexibility index (Phi) is 6.53. The van der Waals surface area contributed by atoms with Gasteiger partial charge in [0.05, 0.1) is 29.9 Å². The second-order valence-corrected chi connectivity index (χ2v) is 5.91. The van der Waals surface area contributed by atoms with Gasteiger partial charge in [0.15, 0.2) is 0 Å². The lowest BCUT2D eigenvalue weighted by Crippen LogP contribution is -2.16. The second kappa shape index (κ2) is 8.83. The average molecular weight is 415 g/mol. The number of ether oxygens (including phenoxy) is 2. The Morgan fingerprint density at radius 1 is 1.19 bits per heavy atom. The molecule has 0 aliphatic carbocycles. The number of hydrogen-bond donors (Lipinski definition) is 1. The summed E-state index contributed by atoms with van der Waals surface area (Å²) in [5.41, 5.74) is 1.00. The van der Waals surface area contributed by atoms with Gasteiger partial charge in [0.2, 0.25) is 0 Å². The zero-order valence-electron chi connectivity index (χ0n) is 14.1. The van der Waals surface area contributed by atoms with Gasteiger partial charge in [0, 0.05) is 0 Å². The average Bonchev–Trinajstić information content (AvgIpc) is 2.66. The predicted octanol–water partition coefficient (Wildman–Crippen LogP) is 3.79. The van der Waals surface area contributed by atoms with Crippen LogP contribution in [0.4, 0.5) is 5.69 Å². The number of carbonyl (C=O) groups is 2. The van der Waals surface area contributed by atoms with E-state index in [-0.39, 0.29) is 16.8 Å². The van der Waals surface area contributed by atoms with Crippen molar-refractivity contribution in [2.45, 2.75) is 0 Å². The highest BCUT2D eigenvalue weighted by atomic mass is 79.9. The summed E-state index contributed by atoms with van der Waals surface area (Å²) in [6.07, 6.45) is 1.44. The van der Waals surface area contributed by atoms with Crippen LogP contribution in [0.25, 0.3) is 6.08 Å². The molecule has 0 spiro atoms. The Bertz CT molecular complexity index is 916. The minimum Gasteiger partial charge on any atom is -0.496 e. The first-order valence-electron chi connectivity index (χ1n) is 7.44. The molecule has 2 aromatic carbocycles. The van der Waals surface area contributed by atoms with Crippen LogP contribution in [0.2, 0.25) is 0 Å². The molecule has 6 nitrogen and oxygen atoms in total. The third kappa shape index (κ3) is 4.49. The van der Waals surface area contributed by atoms with Crippen molar-refractivity contribution >= 4 is 39.6 Å². The van der Waals surface area contributed by atoms with Crippen molar-refractivity contribution in [2.75, 3.05) is 19.5 Å². The van der Waals surface area contributed by atoms with Gasteiger partial charge >= 0.3 is 5.97 Å². The van der Waals surface area contributed by atoms with Crippen LogP contribution in [0, 0.1) is 11.3 Å². The van der Waals surface area contributed by atoms with Crippen molar-refractivity contribution in [1.82, 2.24) is 0 Å². The first kappa shape index (κ1) is 19.2. The van der Waals surface area contributed by atoms with Gasteiger partial charge in [0.1, 0.15) is 17.4 Å². The highest BCUT2D eigenvalue weighted by Gasteiger charge is 2.16. The van der Waals surface area contributed by atoms with Gasteiger partial charge in [0.25, 0.3) is 5.91 Å². The molecule has 7 heteroatoms. The van der Waals surface area contributed by atoms with Gasteiger partial charge in [-0.1, -0.05) is 18.2 Å². The lowest BCUT2D eigenvalue weighted by molar-refractivity contribution is -0.112. The van der Waals surface area contributed by atoms with Gasteiger partial charge in [-0.2, -0.15) is 5.26 Å². The van der Waals surface area contributed by atoms with Gasteiger partial charge in [-0.25, -0.2) is 4.79 Å². The molecule has 2 rings (SSSR count). The lowest BCUT2D eigenvalue weighted by atomic mass is 10.1. The molecule has 0 bridgehead atoms. The van der Waals surface area contributed by atoms with Gasteiger partial charge in [-0.05, 0) is 51.8 Å². The van der Waals surface area contributed by atoms with E-state index in [1.807, 2.05) is 6.07 Å². The molecule has 1 N–H and O–H groups in total. The third-order valence-corrected chi connectivity index (χ3v) is 4.05. The van der Waals surface area contributed by atoms with E-state index in [1.165, 1.54) is 19.3 Å². The maximum atomic E-state index is 12.4. The number of nitrogens with one attached hydrogen (secondary N) is 1. The van der Waals surface area contributed by atoms with Crippen LogP contribution in [0.1, 0.15) is 15.9 Å².